The van der Waals surface area contributed by atoms with Crippen molar-refractivity contribution in [2.75, 3.05) is 11.6 Å². The quantitative estimate of drug-likeness (QED) is 0.851. The van der Waals surface area contributed by atoms with Gasteiger partial charge in [0.15, 0.2) is 14.9 Å². The Balaban J connectivity index is 0. The molecule has 6 nitrogen and oxygen atoms in total. The number of pyridine rings is 1. The summed E-state index contributed by atoms with van der Waals surface area (Å²) >= 11 is 0. The van der Waals surface area contributed by atoms with Crippen molar-refractivity contribution < 1.29 is 13.2 Å². The normalized spacial score (nSPS) is 11.7. The van der Waals surface area contributed by atoms with Crippen LogP contribution < -0.4 is 11.1 Å². The first-order chi connectivity index (χ1) is 7.30. The first-order valence-corrected chi connectivity index (χ1v) is 6.42. The minimum Gasteiger partial charge on any atom is -0.323 e. The number of nitrogens with two attached hydrogens (primary N) is 1. The molecule has 104 valence electrons. The molecule has 1 aromatic rings. The fourth-order valence-electron chi connectivity index (χ4n) is 0.930. The maximum Gasteiger partial charge on any atom is 0.241 e. The van der Waals surface area contributed by atoms with Crippen molar-refractivity contribution >= 4 is 46.2 Å². The largest absolute Gasteiger partial charge is 0.323 e. The van der Waals surface area contributed by atoms with Crippen LogP contribution in [0.5, 0.6) is 0 Å². The first-order valence-electron chi connectivity index (χ1n) is 4.53. The highest BCUT2D eigenvalue weighted by Crippen LogP contribution is 2.10. The van der Waals surface area contributed by atoms with Gasteiger partial charge in [0.25, 0.3) is 0 Å². The van der Waals surface area contributed by atoms with Gasteiger partial charge in [-0.2, -0.15) is 0 Å². The maximum atomic E-state index is 11.2. The lowest BCUT2D eigenvalue weighted by atomic mass is 10.3. The molecule has 0 aliphatic rings. The van der Waals surface area contributed by atoms with Gasteiger partial charge in [-0.25, -0.2) is 13.4 Å². The van der Waals surface area contributed by atoms with Gasteiger partial charge >= 0.3 is 0 Å². The molecule has 0 saturated heterocycles. The van der Waals surface area contributed by atoms with Gasteiger partial charge in [0.2, 0.25) is 5.91 Å². The van der Waals surface area contributed by atoms with E-state index >= 15 is 0 Å². The maximum absolute atomic E-state index is 11.2. The number of aromatic nitrogens is 1. The van der Waals surface area contributed by atoms with Crippen molar-refractivity contribution in [1.82, 2.24) is 4.98 Å². The van der Waals surface area contributed by atoms with E-state index in [1.807, 2.05) is 0 Å². The minimum absolute atomic E-state index is 0. The third-order valence-corrected chi connectivity index (χ3v) is 2.80. The Hall–Kier alpha value is -0.890. The first kappa shape index (κ1) is 19.4. The van der Waals surface area contributed by atoms with Crippen LogP contribution in [0.1, 0.15) is 6.92 Å². The van der Waals surface area contributed by atoms with Crippen molar-refractivity contribution in [2.24, 2.45) is 5.73 Å². The summed E-state index contributed by atoms with van der Waals surface area (Å²) in [6, 6.07) is 2.16. The lowest BCUT2D eigenvalue weighted by molar-refractivity contribution is -0.117. The molecule has 1 amide bonds. The van der Waals surface area contributed by atoms with Gasteiger partial charge in [-0.3, -0.25) is 4.79 Å². The van der Waals surface area contributed by atoms with Crippen molar-refractivity contribution in [3.63, 3.8) is 0 Å². The van der Waals surface area contributed by atoms with E-state index < -0.39 is 15.9 Å². The van der Waals surface area contributed by atoms with E-state index in [0.29, 0.717) is 5.69 Å². The average Bonchev–Trinajstić information content (AvgIpc) is 2.17. The summed E-state index contributed by atoms with van der Waals surface area (Å²) in [6.45, 7) is 1.55. The standard InChI is InChI=1S/C9H13N3O3S.2ClH/c1-6(10)9(13)12-7-3-4-8(11-5-7)16(2,14)15;;/h3-6H,10H2,1-2H3,(H,12,13);2*1H/t6-;;/m0../s1. The molecule has 0 bridgehead atoms. The Kier molecular flexibility index (Phi) is 8.13. The van der Waals surface area contributed by atoms with Crippen molar-refractivity contribution in [1.29, 1.82) is 0 Å². The van der Waals surface area contributed by atoms with E-state index in [1.54, 1.807) is 6.92 Å². The van der Waals surface area contributed by atoms with Crippen LogP contribution in [0.2, 0.25) is 0 Å². The second-order valence-corrected chi connectivity index (χ2v) is 5.40. The third-order valence-electron chi connectivity index (χ3n) is 1.80. The van der Waals surface area contributed by atoms with Crippen LogP contribution in [0.25, 0.3) is 0 Å². The van der Waals surface area contributed by atoms with E-state index in [9.17, 15) is 13.2 Å². The molecule has 0 aliphatic carbocycles. The Morgan fingerprint density at radius 3 is 2.28 bits per heavy atom. The summed E-state index contributed by atoms with van der Waals surface area (Å²) in [5, 5.41) is 2.46. The van der Waals surface area contributed by atoms with Crippen LogP contribution in [-0.4, -0.2) is 31.6 Å². The summed E-state index contributed by atoms with van der Waals surface area (Å²) in [6.07, 6.45) is 2.34. The van der Waals surface area contributed by atoms with Crippen LogP contribution in [0.15, 0.2) is 23.4 Å². The molecule has 1 heterocycles. The van der Waals surface area contributed by atoms with E-state index in [0.717, 1.165) is 6.26 Å². The summed E-state index contributed by atoms with van der Waals surface area (Å²) in [4.78, 5) is 14.9. The average molecular weight is 316 g/mol. The number of nitrogens with zero attached hydrogens (tertiary/aromatic N) is 1. The van der Waals surface area contributed by atoms with Gasteiger partial charge < -0.3 is 11.1 Å². The van der Waals surface area contributed by atoms with Gasteiger partial charge in [0.05, 0.1) is 17.9 Å². The lowest BCUT2D eigenvalue weighted by Gasteiger charge is -2.07. The molecule has 18 heavy (non-hydrogen) atoms. The van der Waals surface area contributed by atoms with Gasteiger partial charge in [-0.15, -0.1) is 24.8 Å². The lowest BCUT2D eigenvalue weighted by Crippen LogP contribution is -2.32. The van der Waals surface area contributed by atoms with Gasteiger partial charge in [-0.1, -0.05) is 0 Å². The molecular weight excluding hydrogens is 301 g/mol. The molecule has 0 unspecified atom stereocenters. The number of nitrogens with one attached hydrogen (secondary N) is 1. The zero-order valence-electron chi connectivity index (χ0n) is 9.78. The number of halogens is 2. The minimum atomic E-state index is -3.31. The molecule has 3 N–H and O–H groups in total. The molecule has 1 aromatic heterocycles. The van der Waals surface area contributed by atoms with Crippen molar-refractivity contribution in [3.8, 4) is 0 Å². The molecular formula is C9H15Cl2N3O3S. The zero-order chi connectivity index (χ0) is 12.3. The Bertz CT molecular complexity index is 488. The van der Waals surface area contributed by atoms with Gasteiger partial charge in [0, 0.05) is 6.26 Å². The number of carbonyl (C=O) groups is 1. The van der Waals surface area contributed by atoms with E-state index in [1.165, 1.54) is 18.3 Å². The number of hydrogen-bond acceptors (Lipinski definition) is 5. The van der Waals surface area contributed by atoms with Crippen LogP contribution in [0.3, 0.4) is 0 Å². The number of rotatable bonds is 3. The molecule has 0 radical (unpaired) electrons. The molecule has 0 aromatic carbocycles. The number of hydrogen-bond donors (Lipinski definition) is 2. The van der Waals surface area contributed by atoms with Crippen molar-refractivity contribution in [3.05, 3.63) is 18.3 Å². The zero-order valence-corrected chi connectivity index (χ0v) is 12.2. The fourth-order valence-corrected chi connectivity index (χ4v) is 1.49. The third kappa shape index (κ3) is 5.63. The Morgan fingerprint density at radius 1 is 1.39 bits per heavy atom. The molecule has 0 fully saturated rings. The Labute approximate surface area is 118 Å². The highest BCUT2D eigenvalue weighted by molar-refractivity contribution is 7.90. The number of sulfone groups is 1. The molecule has 0 saturated carbocycles. The summed E-state index contributed by atoms with van der Waals surface area (Å²) in [5.41, 5.74) is 5.77. The second kappa shape index (κ2) is 7.52. The predicted octanol–water partition coefficient (Wildman–Crippen LogP) is 0.614. The molecule has 0 aliphatic heterocycles. The summed E-state index contributed by atoms with van der Waals surface area (Å²) < 4.78 is 22.2. The number of amides is 1. The summed E-state index contributed by atoms with van der Waals surface area (Å²) in [5.74, 6) is -0.353. The van der Waals surface area contributed by atoms with Crippen molar-refractivity contribution in [2.45, 2.75) is 18.0 Å². The smallest absolute Gasteiger partial charge is 0.241 e. The van der Waals surface area contributed by atoms with Crippen LogP contribution in [-0.2, 0) is 14.6 Å². The predicted molar refractivity (Wildman–Crippen MR) is 74.1 cm³/mol. The highest BCUT2D eigenvalue weighted by Gasteiger charge is 2.10. The van der Waals surface area contributed by atoms with E-state index in [2.05, 4.69) is 10.3 Å². The van der Waals surface area contributed by atoms with E-state index in [-0.39, 0.29) is 35.7 Å². The highest BCUT2D eigenvalue weighted by atomic mass is 35.5. The van der Waals surface area contributed by atoms with Gasteiger partial charge in [-0.05, 0) is 19.1 Å². The molecule has 0 spiro atoms. The molecule has 1 rings (SSSR count). The monoisotopic (exact) mass is 315 g/mol. The SMILES string of the molecule is C[C@H](N)C(=O)Nc1ccc(S(C)(=O)=O)nc1.Cl.Cl. The number of anilines is 1. The topological polar surface area (TPSA) is 102 Å². The Morgan fingerprint density at radius 2 is 1.94 bits per heavy atom. The van der Waals surface area contributed by atoms with Crippen LogP contribution >= 0.6 is 24.8 Å². The second-order valence-electron chi connectivity index (χ2n) is 3.44. The fraction of sp³-hybridized carbons (Fsp3) is 0.333. The van der Waals surface area contributed by atoms with Crippen LogP contribution in [0.4, 0.5) is 5.69 Å². The summed E-state index contributed by atoms with van der Waals surface area (Å²) in [7, 11) is -3.31. The molecule has 1 atom stereocenters. The number of carbonyl (C=O) groups excluding carboxylic acids is 1. The van der Waals surface area contributed by atoms with Crippen LogP contribution in [0, 0.1) is 0 Å². The molecule has 9 heteroatoms. The van der Waals surface area contributed by atoms with Gasteiger partial charge in [0.1, 0.15) is 0 Å². The van der Waals surface area contributed by atoms with E-state index in [4.69, 9.17) is 5.73 Å².